The maximum atomic E-state index is 6.49. The number of fused-ring (bicyclic) bond motifs is 1. The molecule has 2 heterocycles. The van der Waals surface area contributed by atoms with Crippen LogP contribution in [0.1, 0.15) is 43.1 Å². The summed E-state index contributed by atoms with van der Waals surface area (Å²) in [6.45, 7) is 2.02. The Kier molecular flexibility index (Phi) is 5.44. The van der Waals surface area contributed by atoms with Gasteiger partial charge in [-0.3, -0.25) is 4.57 Å². The molecule has 152 valence electrons. The van der Waals surface area contributed by atoms with Gasteiger partial charge in [-0.2, -0.15) is 0 Å². The number of hydrogen-bond acceptors (Lipinski definition) is 5. The molecule has 5 rings (SSSR count). The molecular weight excluding hydrogens is 414 g/mol. The number of aryl methyl sites for hydroxylation is 1. The lowest BCUT2D eigenvalue weighted by Gasteiger charge is -2.17. The summed E-state index contributed by atoms with van der Waals surface area (Å²) in [5.41, 5.74) is 4.73. The van der Waals surface area contributed by atoms with Crippen LogP contribution in [0.15, 0.2) is 53.7 Å². The lowest BCUT2D eigenvalue weighted by molar-refractivity contribution is 0.485. The molecule has 0 atom stereocenters. The van der Waals surface area contributed by atoms with Crippen LogP contribution in [0.5, 0.6) is 0 Å². The van der Waals surface area contributed by atoms with Crippen LogP contribution in [0.2, 0.25) is 5.02 Å². The van der Waals surface area contributed by atoms with E-state index in [0.717, 1.165) is 51.8 Å². The molecule has 0 amide bonds. The topological polar surface area (TPSA) is 56.5 Å². The van der Waals surface area contributed by atoms with Crippen molar-refractivity contribution < 1.29 is 0 Å². The summed E-state index contributed by atoms with van der Waals surface area (Å²) in [5, 5.41) is 10.7. The van der Waals surface area contributed by atoms with Gasteiger partial charge in [0, 0.05) is 17.4 Å². The van der Waals surface area contributed by atoms with Crippen molar-refractivity contribution in [2.75, 3.05) is 0 Å². The largest absolute Gasteiger partial charge is 0.299 e. The molecule has 5 nitrogen and oxygen atoms in total. The van der Waals surface area contributed by atoms with E-state index < -0.39 is 0 Å². The number of aromatic nitrogens is 5. The maximum absolute atomic E-state index is 6.49. The van der Waals surface area contributed by atoms with Crippen LogP contribution >= 0.6 is 23.4 Å². The van der Waals surface area contributed by atoms with Crippen LogP contribution < -0.4 is 0 Å². The smallest absolute Gasteiger partial charge is 0.192 e. The normalized spacial score (nSPS) is 14.6. The first kappa shape index (κ1) is 19.5. The lowest BCUT2D eigenvalue weighted by Crippen LogP contribution is -2.09. The highest BCUT2D eigenvalue weighted by molar-refractivity contribution is 7.98. The third-order valence-corrected chi connectivity index (χ3v) is 6.93. The van der Waals surface area contributed by atoms with Gasteiger partial charge >= 0.3 is 0 Å². The highest BCUT2D eigenvalue weighted by Crippen LogP contribution is 2.38. The van der Waals surface area contributed by atoms with Crippen LogP contribution in [0.25, 0.3) is 22.4 Å². The molecule has 1 fully saturated rings. The first-order valence-electron chi connectivity index (χ1n) is 10.3. The quantitative estimate of drug-likeness (QED) is 0.346. The summed E-state index contributed by atoms with van der Waals surface area (Å²) in [6.07, 6.45) is 4.78. The van der Waals surface area contributed by atoms with E-state index in [2.05, 4.69) is 14.8 Å². The van der Waals surface area contributed by atoms with Gasteiger partial charge in [-0.25, -0.2) is 9.97 Å². The van der Waals surface area contributed by atoms with Crippen LogP contribution in [0, 0.1) is 6.92 Å². The Labute approximate surface area is 184 Å². The van der Waals surface area contributed by atoms with E-state index in [9.17, 15) is 0 Å². The Bertz CT molecular complexity index is 1200. The van der Waals surface area contributed by atoms with Gasteiger partial charge in [-0.05, 0) is 44.0 Å². The number of nitrogens with zero attached hydrogens (tertiary/aromatic N) is 5. The van der Waals surface area contributed by atoms with Crippen molar-refractivity contribution in [3.8, 4) is 11.4 Å². The molecule has 1 saturated carbocycles. The molecule has 0 bridgehead atoms. The average Bonchev–Trinajstić information content (AvgIpc) is 3.42. The Morgan fingerprint density at radius 3 is 2.43 bits per heavy atom. The first-order chi connectivity index (χ1) is 14.7. The number of benzene rings is 2. The molecular formula is C23H22ClN5S. The monoisotopic (exact) mass is 435 g/mol. The summed E-state index contributed by atoms with van der Waals surface area (Å²) in [4.78, 5) is 9.55. The van der Waals surface area contributed by atoms with E-state index in [0.29, 0.717) is 16.8 Å². The fourth-order valence-corrected chi connectivity index (χ4v) is 5.32. The van der Waals surface area contributed by atoms with Gasteiger partial charge in [0.05, 0.1) is 27.4 Å². The van der Waals surface area contributed by atoms with Crippen molar-refractivity contribution in [3.63, 3.8) is 0 Å². The summed E-state index contributed by atoms with van der Waals surface area (Å²) >= 11 is 8.16. The Morgan fingerprint density at radius 1 is 0.967 bits per heavy atom. The molecule has 0 unspecified atom stereocenters. The Hall–Kier alpha value is -2.44. The zero-order valence-corrected chi connectivity index (χ0v) is 18.3. The van der Waals surface area contributed by atoms with Crippen molar-refractivity contribution in [3.05, 3.63) is 64.9 Å². The van der Waals surface area contributed by atoms with Crippen LogP contribution in [0.3, 0.4) is 0 Å². The van der Waals surface area contributed by atoms with E-state index in [-0.39, 0.29) is 0 Å². The minimum atomic E-state index is 0.414. The summed E-state index contributed by atoms with van der Waals surface area (Å²) in [5.74, 6) is 1.56. The van der Waals surface area contributed by atoms with Gasteiger partial charge in [-0.1, -0.05) is 60.5 Å². The molecule has 7 heteroatoms. The average molecular weight is 436 g/mol. The van der Waals surface area contributed by atoms with Crippen molar-refractivity contribution in [1.29, 1.82) is 0 Å². The van der Waals surface area contributed by atoms with Crippen molar-refractivity contribution >= 4 is 34.4 Å². The third-order valence-electron chi connectivity index (χ3n) is 5.65. The number of para-hydroxylation sites is 2. The molecule has 1 aliphatic carbocycles. The van der Waals surface area contributed by atoms with Crippen LogP contribution in [-0.4, -0.2) is 24.7 Å². The molecule has 0 N–H and O–H groups in total. The van der Waals surface area contributed by atoms with Gasteiger partial charge in [0.1, 0.15) is 0 Å². The molecule has 4 aromatic rings. The molecule has 0 radical (unpaired) electrons. The number of thioether (sulfide) groups is 1. The van der Waals surface area contributed by atoms with Gasteiger partial charge in [0.2, 0.25) is 0 Å². The second-order valence-corrected chi connectivity index (χ2v) is 8.98. The van der Waals surface area contributed by atoms with E-state index in [1.165, 1.54) is 12.8 Å². The SMILES string of the molecule is Cc1nc2ccccc2nc1CSc1nnc(-c2ccccc2Cl)n1C1CCCC1. The Balaban J connectivity index is 1.49. The Morgan fingerprint density at radius 2 is 1.67 bits per heavy atom. The predicted molar refractivity (Wildman–Crippen MR) is 122 cm³/mol. The molecule has 1 aliphatic rings. The van der Waals surface area contributed by atoms with Crippen molar-refractivity contribution in [2.45, 2.75) is 49.6 Å². The molecule has 0 aliphatic heterocycles. The number of hydrogen-bond donors (Lipinski definition) is 0. The maximum Gasteiger partial charge on any atom is 0.192 e. The van der Waals surface area contributed by atoms with E-state index >= 15 is 0 Å². The standard InChI is InChI=1S/C23H22ClN5S/c1-15-21(26-20-13-7-6-12-19(20)25-15)14-30-23-28-27-22(17-10-4-5-11-18(17)24)29(23)16-8-2-3-9-16/h4-7,10-13,16H,2-3,8-9,14H2,1H3. The molecule has 30 heavy (non-hydrogen) atoms. The number of halogens is 1. The minimum Gasteiger partial charge on any atom is -0.299 e. The van der Waals surface area contributed by atoms with Gasteiger partial charge in [0.25, 0.3) is 0 Å². The fraction of sp³-hybridized carbons (Fsp3) is 0.304. The second kappa shape index (κ2) is 8.36. The zero-order valence-electron chi connectivity index (χ0n) is 16.8. The molecule has 0 spiro atoms. The summed E-state index contributed by atoms with van der Waals surface area (Å²) in [6, 6.07) is 16.3. The van der Waals surface area contributed by atoms with Crippen molar-refractivity contribution in [1.82, 2.24) is 24.7 Å². The molecule has 2 aromatic heterocycles. The van der Waals surface area contributed by atoms with Crippen LogP contribution in [0.4, 0.5) is 0 Å². The number of rotatable bonds is 5. The van der Waals surface area contributed by atoms with Crippen molar-refractivity contribution in [2.24, 2.45) is 0 Å². The highest BCUT2D eigenvalue weighted by Gasteiger charge is 2.26. The second-order valence-electron chi connectivity index (χ2n) is 7.63. The lowest BCUT2D eigenvalue weighted by atomic mass is 10.2. The predicted octanol–water partition coefficient (Wildman–Crippen LogP) is 6.26. The summed E-state index contributed by atoms with van der Waals surface area (Å²) in [7, 11) is 0. The minimum absolute atomic E-state index is 0.414. The summed E-state index contributed by atoms with van der Waals surface area (Å²) < 4.78 is 2.29. The van der Waals surface area contributed by atoms with E-state index in [1.54, 1.807) is 11.8 Å². The zero-order chi connectivity index (χ0) is 20.5. The highest BCUT2D eigenvalue weighted by atomic mass is 35.5. The molecule has 0 saturated heterocycles. The molecule has 2 aromatic carbocycles. The van der Waals surface area contributed by atoms with Gasteiger partial charge in [0.15, 0.2) is 11.0 Å². The van der Waals surface area contributed by atoms with E-state index in [1.807, 2.05) is 55.5 Å². The van der Waals surface area contributed by atoms with Gasteiger partial charge < -0.3 is 0 Å². The van der Waals surface area contributed by atoms with E-state index in [4.69, 9.17) is 21.6 Å². The third kappa shape index (κ3) is 3.70. The first-order valence-corrected chi connectivity index (χ1v) is 11.6. The van der Waals surface area contributed by atoms with Gasteiger partial charge in [-0.15, -0.1) is 10.2 Å². The fourth-order valence-electron chi connectivity index (χ4n) is 4.09. The van der Waals surface area contributed by atoms with Crippen LogP contribution in [-0.2, 0) is 5.75 Å².